The van der Waals surface area contributed by atoms with Crippen molar-refractivity contribution < 1.29 is 22.8 Å². The summed E-state index contributed by atoms with van der Waals surface area (Å²) < 4.78 is 33.4. The highest BCUT2D eigenvalue weighted by molar-refractivity contribution is 7.89. The molecule has 0 atom stereocenters. The SMILES string of the molecule is Cc1ccc(S(=O)(=O)N2CCC3(CC2)CC(OC(=O)N(CCc2ccccc2)Cc2ccccc2)=NO3)cc1. The Morgan fingerprint density at radius 3 is 2.21 bits per heavy atom. The Balaban J connectivity index is 1.19. The second kappa shape index (κ2) is 11.6. The molecule has 2 aliphatic heterocycles. The molecule has 0 aliphatic carbocycles. The molecule has 204 valence electrons. The summed E-state index contributed by atoms with van der Waals surface area (Å²) in [6, 6.07) is 26.7. The zero-order chi connectivity index (χ0) is 27.3. The molecule has 0 saturated carbocycles. The van der Waals surface area contributed by atoms with Crippen LogP contribution >= 0.6 is 0 Å². The van der Waals surface area contributed by atoms with Crippen LogP contribution in [-0.4, -0.2) is 54.8 Å². The summed E-state index contributed by atoms with van der Waals surface area (Å²) in [6.07, 6.45) is 1.47. The first-order chi connectivity index (χ1) is 18.8. The third kappa shape index (κ3) is 6.49. The standard InChI is InChI=1S/C30H33N3O5S/c1-24-12-14-27(15-13-24)39(35,36)33-20-17-30(18-21-33)22-28(31-38-30)37-29(34)32(23-26-10-6-3-7-11-26)19-16-25-8-4-2-5-9-25/h2-15H,16-23H2,1H3. The number of sulfonamides is 1. The van der Waals surface area contributed by atoms with E-state index in [4.69, 9.17) is 9.57 Å². The van der Waals surface area contributed by atoms with E-state index in [0.717, 1.165) is 16.7 Å². The first-order valence-corrected chi connectivity index (χ1v) is 14.6. The molecule has 0 N–H and O–H groups in total. The van der Waals surface area contributed by atoms with Gasteiger partial charge in [0.1, 0.15) is 5.60 Å². The van der Waals surface area contributed by atoms with Gasteiger partial charge in [0.25, 0.3) is 0 Å². The summed E-state index contributed by atoms with van der Waals surface area (Å²) in [6.45, 7) is 3.45. The predicted octanol–water partition coefficient (Wildman–Crippen LogP) is 5.13. The summed E-state index contributed by atoms with van der Waals surface area (Å²) >= 11 is 0. The third-order valence-electron chi connectivity index (χ3n) is 7.30. The molecule has 0 unspecified atom stereocenters. The topological polar surface area (TPSA) is 88.5 Å². The van der Waals surface area contributed by atoms with Crippen LogP contribution in [0, 0.1) is 6.92 Å². The van der Waals surface area contributed by atoms with E-state index in [1.807, 2.05) is 67.6 Å². The number of carbonyl (C=O) groups is 1. The van der Waals surface area contributed by atoms with Crippen LogP contribution in [-0.2, 0) is 32.6 Å². The van der Waals surface area contributed by atoms with E-state index in [2.05, 4.69) is 5.16 Å². The number of benzene rings is 3. The monoisotopic (exact) mass is 547 g/mol. The third-order valence-corrected chi connectivity index (χ3v) is 9.21. The van der Waals surface area contributed by atoms with Gasteiger partial charge in [-0.15, -0.1) is 0 Å². The maximum atomic E-state index is 13.2. The Labute approximate surface area is 229 Å². The van der Waals surface area contributed by atoms with Crippen LogP contribution in [0.1, 0.15) is 36.0 Å². The fraction of sp³-hybridized carbons (Fsp3) is 0.333. The van der Waals surface area contributed by atoms with Gasteiger partial charge >= 0.3 is 6.09 Å². The summed E-state index contributed by atoms with van der Waals surface area (Å²) in [7, 11) is -3.58. The van der Waals surface area contributed by atoms with Gasteiger partial charge in [0.2, 0.25) is 15.9 Å². The number of hydrogen-bond acceptors (Lipinski definition) is 6. The molecule has 0 radical (unpaired) electrons. The smallest absolute Gasteiger partial charge is 0.392 e. The highest BCUT2D eigenvalue weighted by Crippen LogP contribution is 2.36. The number of rotatable bonds is 7. The second-order valence-corrected chi connectivity index (χ2v) is 12.1. The molecule has 1 spiro atoms. The van der Waals surface area contributed by atoms with Gasteiger partial charge in [-0.25, -0.2) is 13.2 Å². The quantitative estimate of drug-likeness (QED) is 0.409. The van der Waals surface area contributed by atoms with Gasteiger partial charge in [-0.2, -0.15) is 4.31 Å². The number of piperidine rings is 1. The number of amides is 1. The lowest BCUT2D eigenvalue weighted by Gasteiger charge is -2.36. The van der Waals surface area contributed by atoms with Crippen molar-refractivity contribution in [3.8, 4) is 0 Å². The van der Waals surface area contributed by atoms with E-state index >= 15 is 0 Å². The maximum Gasteiger partial charge on any atom is 0.416 e. The molecule has 8 nitrogen and oxygen atoms in total. The van der Waals surface area contributed by atoms with Gasteiger partial charge in [0.05, 0.1) is 11.3 Å². The van der Waals surface area contributed by atoms with Crippen molar-refractivity contribution in [2.24, 2.45) is 5.16 Å². The molecular formula is C30H33N3O5S. The van der Waals surface area contributed by atoms with Crippen molar-refractivity contribution >= 4 is 22.0 Å². The van der Waals surface area contributed by atoms with Crippen molar-refractivity contribution in [3.05, 3.63) is 102 Å². The van der Waals surface area contributed by atoms with Gasteiger partial charge in [-0.3, -0.25) is 0 Å². The minimum atomic E-state index is -3.58. The number of oxime groups is 1. The molecule has 1 amide bonds. The highest BCUT2D eigenvalue weighted by Gasteiger charge is 2.45. The molecular weight excluding hydrogens is 514 g/mol. The number of ether oxygens (including phenoxy) is 1. The van der Waals surface area contributed by atoms with Crippen molar-refractivity contribution in [3.63, 3.8) is 0 Å². The molecule has 1 saturated heterocycles. The zero-order valence-corrected chi connectivity index (χ0v) is 22.8. The van der Waals surface area contributed by atoms with Crippen LogP contribution in [0.4, 0.5) is 4.79 Å². The predicted molar refractivity (Wildman–Crippen MR) is 149 cm³/mol. The average Bonchev–Trinajstić information content (AvgIpc) is 3.33. The van der Waals surface area contributed by atoms with Crippen molar-refractivity contribution in [2.75, 3.05) is 19.6 Å². The summed E-state index contributed by atoms with van der Waals surface area (Å²) in [4.78, 5) is 21.0. The lowest BCUT2D eigenvalue weighted by atomic mass is 9.89. The normalized spacial score (nSPS) is 16.9. The lowest BCUT2D eigenvalue weighted by molar-refractivity contribution is -0.0506. The Morgan fingerprint density at radius 2 is 1.56 bits per heavy atom. The molecule has 3 aromatic carbocycles. The molecule has 0 bridgehead atoms. The number of nitrogens with zero attached hydrogens (tertiary/aromatic N) is 3. The molecule has 39 heavy (non-hydrogen) atoms. The summed E-state index contributed by atoms with van der Waals surface area (Å²) in [5.41, 5.74) is 2.48. The largest absolute Gasteiger partial charge is 0.416 e. The van der Waals surface area contributed by atoms with Gasteiger partial charge in [-0.05, 0) is 36.6 Å². The van der Waals surface area contributed by atoms with E-state index in [-0.39, 0.29) is 10.8 Å². The van der Waals surface area contributed by atoms with Gasteiger partial charge in [0.15, 0.2) is 0 Å². The van der Waals surface area contributed by atoms with Crippen LogP contribution in [0.2, 0.25) is 0 Å². The maximum absolute atomic E-state index is 13.2. The highest BCUT2D eigenvalue weighted by atomic mass is 32.2. The fourth-order valence-corrected chi connectivity index (χ4v) is 6.36. The Morgan fingerprint density at radius 1 is 0.949 bits per heavy atom. The molecule has 1 fully saturated rings. The number of carbonyl (C=O) groups excluding carboxylic acids is 1. The van der Waals surface area contributed by atoms with Crippen LogP contribution in [0.5, 0.6) is 0 Å². The van der Waals surface area contributed by atoms with Crippen LogP contribution in [0.15, 0.2) is 95.0 Å². The molecule has 0 aromatic heterocycles. The first-order valence-electron chi connectivity index (χ1n) is 13.2. The van der Waals surface area contributed by atoms with E-state index in [0.29, 0.717) is 51.9 Å². The van der Waals surface area contributed by atoms with Gasteiger partial charge < -0.3 is 14.5 Å². The van der Waals surface area contributed by atoms with Crippen LogP contribution in [0.25, 0.3) is 0 Å². The van der Waals surface area contributed by atoms with E-state index in [9.17, 15) is 13.2 Å². The van der Waals surface area contributed by atoms with E-state index in [1.54, 1.807) is 29.2 Å². The van der Waals surface area contributed by atoms with Crippen molar-refractivity contribution in [1.82, 2.24) is 9.21 Å². The van der Waals surface area contributed by atoms with E-state index < -0.39 is 21.7 Å². The first kappa shape index (κ1) is 26.9. The summed E-state index contributed by atoms with van der Waals surface area (Å²) in [5.74, 6) is 0.229. The van der Waals surface area contributed by atoms with Crippen molar-refractivity contribution in [1.29, 1.82) is 0 Å². The molecule has 9 heteroatoms. The van der Waals surface area contributed by atoms with Crippen LogP contribution in [0.3, 0.4) is 0 Å². The van der Waals surface area contributed by atoms with Gasteiger partial charge in [-0.1, -0.05) is 83.5 Å². The zero-order valence-electron chi connectivity index (χ0n) is 22.0. The molecule has 2 aliphatic rings. The second-order valence-electron chi connectivity index (χ2n) is 10.2. The molecule has 2 heterocycles. The van der Waals surface area contributed by atoms with Gasteiger partial charge in [0, 0.05) is 39.0 Å². The van der Waals surface area contributed by atoms with E-state index in [1.165, 1.54) is 4.31 Å². The Kier molecular flexibility index (Phi) is 7.99. The van der Waals surface area contributed by atoms with Crippen LogP contribution < -0.4 is 0 Å². The minimum Gasteiger partial charge on any atom is -0.392 e. The number of aryl methyl sites for hydroxylation is 1. The number of hydrogen-bond donors (Lipinski definition) is 0. The Hall–Kier alpha value is -3.69. The average molecular weight is 548 g/mol. The molecule has 3 aromatic rings. The minimum absolute atomic E-state index is 0.229. The Bertz CT molecular complexity index is 1400. The van der Waals surface area contributed by atoms with Crippen molar-refractivity contribution in [2.45, 2.75) is 49.6 Å². The summed E-state index contributed by atoms with van der Waals surface area (Å²) in [5, 5.41) is 4.09. The molecule has 5 rings (SSSR count). The fourth-order valence-electron chi connectivity index (χ4n) is 4.92. The lowest BCUT2D eigenvalue weighted by Crippen LogP contribution is -2.47.